The van der Waals surface area contributed by atoms with Gasteiger partial charge in [0.15, 0.2) is 0 Å². The molecule has 56 heavy (non-hydrogen) atoms. The summed E-state index contributed by atoms with van der Waals surface area (Å²) in [5, 5.41) is 5.18. The van der Waals surface area contributed by atoms with Crippen molar-refractivity contribution in [2.24, 2.45) is 0 Å². The number of ether oxygens (including phenoxy) is 2. The Kier molecular flexibility index (Phi) is 15.1. The summed E-state index contributed by atoms with van der Waals surface area (Å²) in [6, 6.07) is 20.7. The minimum absolute atomic E-state index is 0.00207. The summed E-state index contributed by atoms with van der Waals surface area (Å²) in [4.78, 5) is 51.0. The van der Waals surface area contributed by atoms with Gasteiger partial charge in [-0.25, -0.2) is 26.4 Å². The SMILES string of the molecule is CCCCc1ccc(S(=O)(=O)Nc2ccc(NC(=O)CCNC(=O)c3ccc(NS(=O)(=O)c4ccc(CCCC)cc4)c(C(=O)OC)c3)cc2C(=O)OC)cc1. The first-order valence-corrected chi connectivity index (χ1v) is 20.9. The zero-order chi connectivity index (χ0) is 40.9. The summed E-state index contributed by atoms with van der Waals surface area (Å²) in [5.74, 6) is -2.92. The molecule has 298 valence electrons. The van der Waals surface area contributed by atoms with E-state index in [1.807, 2.05) is 0 Å². The van der Waals surface area contributed by atoms with Crippen LogP contribution in [-0.4, -0.2) is 61.4 Å². The van der Waals surface area contributed by atoms with E-state index in [4.69, 9.17) is 9.47 Å². The third-order valence-corrected chi connectivity index (χ3v) is 11.4. The zero-order valence-electron chi connectivity index (χ0n) is 31.6. The van der Waals surface area contributed by atoms with Crippen molar-refractivity contribution in [1.29, 1.82) is 0 Å². The van der Waals surface area contributed by atoms with Crippen molar-refractivity contribution in [1.82, 2.24) is 5.32 Å². The minimum Gasteiger partial charge on any atom is -0.465 e. The molecule has 4 N–H and O–H groups in total. The van der Waals surface area contributed by atoms with E-state index in [0.717, 1.165) is 63.9 Å². The maximum atomic E-state index is 13.1. The van der Waals surface area contributed by atoms with Gasteiger partial charge in [0.2, 0.25) is 5.91 Å². The number of methoxy groups -OCH3 is 2. The van der Waals surface area contributed by atoms with Crippen molar-refractivity contribution in [2.45, 2.75) is 68.6 Å². The van der Waals surface area contributed by atoms with E-state index < -0.39 is 43.8 Å². The molecule has 0 aromatic heterocycles. The Morgan fingerprint density at radius 3 is 1.54 bits per heavy atom. The Bertz CT molecular complexity index is 2260. The number of hydrogen-bond acceptors (Lipinski definition) is 10. The standard InChI is InChI=1S/C40H46N4O10S2/c1-5-7-9-27-11-17-31(18-12-27)55(49,50)43-35-21-15-29(25-33(35)39(47)53-3)38(46)41-24-23-37(45)42-30-16-22-36(34(26-30)40(48)54-4)44-56(51,52)32-19-13-28(14-20-32)10-8-6-2/h11-22,25-26,43-44H,5-10,23-24H2,1-4H3,(H,41,46)(H,42,45). The second-order valence-corrected chi connectivity index (χ2v) is 16.1. The molecule has 0 aliphatic heterocycles. The monoisotopic (exact) mass is 806 g/mol. The molecule has 0 atom stereocenters. The van der Waals surface area contributed by atoms with Gasteiger partial charge < -0.3 is 20.1 Å². The van der Waals surface area contributed by atoms with E-state index >= 15 is 0 Å². The van der Waals surface area contributed by atoms with E-state index in [2.05, 4.69) is 33.9 Å². The van der Waals surface area contributed by atoms with E-state index in [-0.39, 0.29) is 56.5 Å². The molecule has 0 fully saturated rings. The van der Waals surface area contributed by atoms with Crippen molar-refractivity contribution in [2.75, 3.05) is 35.5 Å². The molecular weight excluding hydrogens is 761 g/mol. The molecule has 0 heterocycles. The number of carbonyl (C=O) groups excluding carboxylic acids is 4. The van der Waals surface area contributed by atoms with Crippen LogP contribution in [0.4, 0.5) is 17.1 Å². The van der Waals surface area contributed by atoms with Gasteiger partial charge in [0.1, 0.15) is 0 Å². The fourth-order valence-corrected chi connectivity index (χ4v) is 7.66. The number of anilines is 3. The van der Waals surface area contributed by atoms with Crippen molar-refractivity contribution in [3.8, 4) is 0 Å². The van der Waals surface area contributed by atoms with Gasteiger partial charge in [-0.15, -0.1) is 0 Å². The summed E-state index contributed by atoms with van der Waals surface area (Å²) < 4.78 is 67.0. The van der Waals surface area contributed by atoms with Crippen LogP contribution in [0.25, 0.3) is 0 Å². The van der Waals surface area contributed by atoms with Gasteiger partial charge in [0.05, 0.1) is 46.5 Å². The molecule has 0 aliphatic carbocycles. The third-order valence-electron chi connectivity index (χ3n) is 8.63. The molecule has 14 nitrogen and oxygen atoms in total. The van der Waals surface area contributed by atoms with E-state index in [1.165, 1.54) is 60.7 Å². The first kappa shape index (κ1) is 43.0. The molecule has 2 amide bonds. The van der Waals surface area contributed by atoms with Gasteiger partial charge >= 0.3 is 11.9 Å². The molecule has 4 aromatic carbocycles. The molecular formula is C40H46N4O10S2. The van der Waals surface area contributed by atoms with Crippen molar-refractivity contribution >= 4 is 60.9 Å². The Balaban J connectivity index is 1.39. The van der Waals surface area contributed by atoms with Crippen LogP contribution < -0.4 is 20.1 Å². The second-order valence-electron chi connectivity index (χ2n) is 12.8. The van der Waals surface area contributed by atoms with Crippen LogP contribution in [0.5, 0.6) is 0 Å². The number of rotatable bonds is 19. The molecule has 0 unspecified atom stereocenters. The number of benzene rings is 4. The highest BCUT2D eigenvalue weighted by atomic mass is 32.2. The molecule has 16 heteroatoms. The van der Waals surface area contributed by atoms with Gasteiger partial charge in [0.25, 0.3) is 26.0 Å². The van der Waals surface area contributed by atoms with Crippen LogP contribution in [0.3, 0.4) is 0 Å². The van der Waals surface area contributed by atoms with Crippen molar-refractivity contribution < 1.29 is 45.5 Å². The Hall–Kier alpha value is -5.74. The lowest BCUT2D eigenvalue weighted by molar-refractivity contribution is -0.116. The predicted octanol–water partition coefficient (Wildman–Crippen LogP) is 6.31. The van der Waals surface area contributed by atoms with Gasteiger partial charge in [-0.3, -0.25) is 19.0 Å². The molecule has 0 bridgehead atoms. The first-order chi connectivity index (χ1) is 26.7. The molecule has 0 spiro atoms. The van der Waals surface area contributed by atoms with Crippen LogP contribution in [-0.2, 0) is 47.2 Å². The second kappa shape index (κ2) is 19.7. The number of hydrogen-bond donors (Lipinski definition) is 4. The fourth-order valence-electron chi connectivity index (χ4n) is 5.50. The summed E-state index contributed by atoms with van der Waals surface area (Å²) >= 11 is 0. The van der Waals surface area contributed by atoms with E-state index in [9.17, 15) is 36.0 Å². The lowest BCUT2D eigenvalue weighted by Crippen LogP contribution is -2.28. The van der Waals surface area contributed by atoms with Crippen LogP contribution in [0.1, 0.15) is 88.2 Å². The Morgan fingerprint density at radius 2 is 1.07 bits per heavy atom. The molecule has 4 rings (SSSR count). The van der Waals surface area contributed by atoms with Gasteiger partial charge in [-0.2, -0.15) is 0 Å². The fraction of sp³-hybridized carbons (Fsp3) is 0.300. The third kappa shape index (κ3) is 11.6. The number of amides is 2. The van der Waals surface area contributed by atoms with E-state index in [0.29, 0.717) is 0 Å². The predicted molar refractivity (Wildman–Crippen MR) is 213 cm³/mol. The Morgan fingerprint density at radius 1 is 0.607 bits per heavy atom. The largest absolute Gasteiger partial charge is 0.465 e. The van der Waals surface area contributed by atoms with Crippen LogP contribution >= 0.6 is 0 Å². The summed E-state index contributed by atoms with van der Waals surface area (Å²) in [5.41, 5.74) is 1.68. The molecule has 0 radical (unpaired) electrons. The van der Waals surface area contributed by atoms with Crippen LogP contribution in [0.2, 0.25) is 0 Å². The molecule has 0 saturated heterocycles. The summed E-state index contributed by atoms with van der Waals surface area (Å²) in [6.45, 7) is 4.00. The van der Waals surface area contributed by atoms with Gasteiger partial charge in [-0.1, -0.05) is 51.0 Å². The average molecular weight is 807 g/mol. The highest BCUT2D eigenvalue weighted by Gasteiger charge is 2.23. The summed E-state index contributed by atoms with van der Waals surface area (Å²) in [7, 11) is -5.91. The number of unbranched alkanes of at least 4 members (excludes halogenated alkanes) is 2. The highest BCUT2D eigenvalue weighted by Crippen LogP contribution is 2.26. The van der Waals surface area contributed by atoms with Gasteiger partial charge in [0, 0.05) is 24.2 Å². The number of esters is 2. The smallest absolute Gasteiger partial charge is 0.340 e. The first-order valence-electron chi connectivity index (χ1n) is 18.0. The number of aryl methyl sites for hydroxylation is 2. The van der Waals surface area contributed by atoms with Gasteiger partial charge in [-0.05, 0) is 97.5 Å². The lowest BCUT2D eigenvalue weighted by Gasteiger charge is -2.14. The zero-order valence-corrected chi connectivity index (χ0v) is 33.3. The van der Waals surface area contributed by atoms with Crippen LogP contribution in [0, 0.1) is 0 Å². The normalized spacial score (nSPS) is 11.3. The minimum atomic E-state index is -4.09. The highest BCUT2D eigenvalue weighted by molar-refractivity contribution is 7.93. The molecule has 0 aliphatic rings. The number of nitrogens with one attached hydrogen (secondary N) is 4. The van der Waals surface area contributed by atoms with Crippen LogP contribution in [0.15, 0.2) is 94.7 Å². The maximum Gasteiger partial charge on any atom is 0.340 e. The van der Waals surface area contributed by atoms with Crippen molar-refractivity contribution in [3.05, 3.63) is 113 Å². The quantitative estimate of drug-likeness (QED) is 0.0779. The lowest BCUT2D eigenvalue weighted by atomic mass is 10.1. The maximum absolute atomic E-state index is 13.1. The number of carbonyl (C=O) groups is 4. The number of sulfonamides is 2. The average Bonchev–Trinajstić information content (AvgIpc) is 3.19. The molecule has 0 saturated carbocycles. The Labute approximate surface area is 327 Å². The molecule has 4 aromatic rings. The van der Waals surface area contributed by atoms with E-state index in [1.54, 1.807) is 24.3 Å². The van der Waals surface area contributed by atoms with Crippen molar-refractivity contribution in [3.63, 3.8) is 0 Å². The summed E-state index contributed by atoms with van der Waals surface area (Å²) in [6.07, 6.45) is 5.40. The topological polar surface area (TPSA) is 203 Å².